The van der Waals surface area contributed by atoms with Crippen molar-refractivity contribution in [1.82, 2.24) is 0 Å². The average Bonchev–Trinajstić information content (AvgIpc) is 2.49. The quantitative estimate of drug-likeness (QED) is 0.902. The van der Waals surface area contributed by atoms with E-state index >= 15 is 0 Å². The standard InChI is InChI=1S/C18H20ClNO/c1-12-5-6-15(11-16(12)19)18(21)14-7-8-17-13(10-14)4-3-9-20(17)2/h5-8,10-11,18,21H,3-4,9H2,1-2H3. The number of halogens is 1. The van der Waals surface area contributed by atoms with Crippen molar-refractivity contribution in [1.29, 1.82) is 0 Å². The normalized spacial score (nSPS) is 15.7. The number of hydrogen-bond acceptors (Lipinski definition) is 2. The third-order valence-corrected chi connectivity index (χ3v) is 4.69. The maximum Gasteiger partial charge on any atom is 0.104 e. The minimum absolute atomic E-state index is 0.624. The predicted octanol–water partition coefficient (Wildman–Crippen LogP) is 4.11. The van der Waals surface area contributed by atoms with E-state index in [0.29, 0.717) is 5.02 Å². The van der Waals surface area contributed by atoms with E-state index in [1.165, 1.54) is 17.7 Å². The van der Waals surface area contributed by atoms with Crippen molar-refractivity contribution >= 4 is 17.3 Å². The van der Waals surface area contributed by atoms with Crippen LogP contribution in [0.15, 0.2) is 36.4 Å². The van der Waals surface area contributed by atoms with Gasteiger partial charge in [-0.05, 0) is 54.2 Å². The van der Waals surface area contributed by atoms with Crippen LogP contribution in [0.1, 0.15) is 34.8 Å². The molecular formula is C18H20ClNO. The summed E-state index contributed by atoms with van der Waals surface area (Å²) in [5.74, 6) is 0. The summed E-state index contributed by atoms with van der Waals surface area (Å²) >= 11 is 6.16. The minimum Gasteiger partial charge on any atom is -0.384 e. The first-order valence-electron chi connectivity index (χ1n) is 7.34. The first-order chi connectivity index (χ1) is 10.1. The van der Waals surface area contributed by atoms with Crippen LogP contribution >= 0.6 is 11.6 Å². The molecule has 0 bridgehead atoms. The molecule has 0 amide bonds. The maximum absolute atomic E-state index is 10.6. The number of aliphatic hydroxyl groups excluding tert-OH is 1. The SMILES string of the molecule is Cc1ccc(C(O)c2ccc3c(c2)CCCN3C)cc1Cl. The highest BCUT2D eigenvalue weighted by Crippen LogP contribution is 2.32. The topological polar surface area (TPSA) is 23.5 Å². The highest BCUT2D eigenvalue weighted by atomic mass is 35.5. The lowest BCUT2D eigenvalue weighted by atomic mass is 9.94. The van der Waals surface area contributed by atoms with Crippen LogP contribution in [0.2, 0.25) is 5.02 Å². The Hall–Kier alpha value is -1.51. The molecule has 0 saturated carbocycles. The van der Waals surface area contributed by atoms with Gasteiger partial charge in [0.25, 0.3) is 0 Å². The lowest BCUT2D eigenvalue weighted by Crippen LogP contribution is -2.24. The summed E-state index contributed by atoms with van der Waals surface area (Å²) in [6.45, 7) is 3.07. The van der Waals surface area contributed by atoms with Crippen LogP contribution < -0.4 is 4.90 Å². The molecular weight excluding hydrogens is 282 g/mol. The van der Waals surface area contributed by atoms with Gasteiger partial charge in [0.15, 0.2) is 0 Å². The van der Waals surface area contributed by atoms with Crippen molar-refractivity contribution in [3.05, 3.63) is 63.7 Å². The average molecular weight is 302 g/mol. The summed E-state index contributed by atoms with van der Waals surface area (Å²) in [7, 11) is 2.12. The molecule has 0 radical (unpaired) electrons. The van der Waals surface area contributed by atoms with Gasteiger partial charge in [-0.3, -0.25) is 0 Å². The van der Waals surface area contributed by atoms with Crippen molar-refractivity contribution in [3.63, 3.8) is 0 Å². The highest BCUT2D eigenvalue weighted by Gasteiger charge is 2.17. The summed E-state index contributed by atoms with van der Waals surface area (Å²) in [6, 6.07) is 12.0. The van der Waals surface area contributed by atoms with Gasteiger partial charge in [0.1, 0.15) is 6.10 Å². The molecule has 2 aromatic rings. The molecule has 1 unspecified atom stereocenters. The van der Waals surface area contributed by atoms with Crippen molar-refractivity contribution in [2.75, 3.05) is 18.5 Å². The Balaban J connectivity index is 1.94. The lowest BCUT2D eigenvalue weighted by molar-refractivity contribution is 0.220. The number of aliphatic hydroxyl groups is 1. The summed E-state index contributed by atoms with van der Waals surface area (Å²) in [5.41, 5.74) is 5.40. The van der Waals surface area contributed by atoms with Gasteiger partial charge in [-0.1, -0.05) is 35.9 Å². The Labute approximate surface area is 131 Å². The Morgan fingerprint density at radius 1 is 1.14 bits per heavy atom. The second-order valence-electron chi connectivity index (χ2n) is 5.82. The molecule has 2 nitrogen and oxygen atoms in total. The highest BCUT2D eigenvalue weighted by molar-refractivity contribution is 6.31. The number of rotatable bonds is 2. The maximum atomic E-state index is 10.6. The first-order valence-corrected chi connectivity index (χ1v) is 7.72. The number of hydrogen-bond donors (Lipinski definition) is 1. The molecule has 0 fully saturated rings. The Morgan fingerprint density at radius 3 is 2.62 bits per heavy atom. The molecule has 0 aliphatic carbocycles. The zero-order valence-corrected chi connectivity index (χ0v) is 13.2. The summed E-state index contributed by atoms with van der Waals surface area (Å²) in [4.78, 5) is 2.28. The number of fused-ring (bicyclic) bond motifs is 1. The van der Waals surface area contributed by atoms with Gasteiger partial charge in [-0.25, -0.2) is 0 Å². The van der Waals surface area contributed by atoms with Gasteiger partial charge in [-0.2, -0.15) is 0 Å². The Bertz CT molecular complexity index is 668. The van der Waals surface area contributed by atoms with Crippen molar-refractivity contribution in [2.45, 2.75) is 25.9 Å². The molecule has 3 heteroatoms. The van der Waals surface area contributed by atoms with E-state index in [4.69, 9.17) is 11.6 Å². The van der Waals surface area contributed by atoms with Crippen molar-refractivity contribution in [2.24, 2.45) is 0 Å². The fourth-order valence-corrected chi connectivity index (χ4v) is 3.14. The molecule has 0 spiro atoms. The number of anilines is 1. The van der Waals surface area contributed by atoms with Crippen LogP contribution in [0.3, 0.4) is 0 Å². The zero-order chi connectivity index (χ0) is 15.0. The van der Waals surface area contributed by atoms with Gasteiger partial charge in [0.05, 0.1) is 0 Å². The third-order valence-electron chi connectivity index (χ3n) is 4.28. The van der Waals surface area contributed by atoms with E-state index in [2.05, 4.69) is 24.1 Å². The van der Waals surface area contributed by atoms with E-state index in [1.54, 1.807) is 0 Å². The molecule has 3 rings (SSSR count). The molecule has 1 aliphatic rings. The van der Waals surface area contributed by atoms with E-state index in [-0.39, 0.29) is 0 Å². The Morgan fingerprint density at radius 2 is 1.86 bits per heavy atom. The van der Waals surface area contributed by atoms with Gasteiger partial charge in [0, 0.05) is 24.3 Å². The lowest BCUT2D eigenvalue weighted by Gasteiger charge is -2.28. The van der Waals surface area contributed by atoms with Gasteiger partial charge in [-0.15, -0.1) is 0 Å². The van der Waals surface area contributed by atoms with Crippen LogP contribution in [-0.4, -0.2) is 18.7 Å². The fourth-order valence-electron chi connectivity index (χ4n) is 2.95. The molecule has 110 valence electrons. The van der Waals surface area contributed by atoms with E-state index in [9.17, 15) is 5.11 Å². The fraction of sp³-hybridized carbons (Fsp3) is 0.333. The van der Waals surface area contributed by atoms with Crippen LogP contribution in [0.4, 0.5) is 5.69 Å². The molecule has 0 saturated heterocycles. The number of benzene rings is 2. The molecule has 1 N–H and O–H groups in total. The zero-order valence-electron chi connectivity index (χ0n) is 12.4. The summed E-state index contributed by atoms with van der Waals surface area (Å²) in [5, 5.41) is 11.3. The number of nitrogens with zero attached hydrogens (tertiary/aromatic N) is 1. The molecule has 2 aromatic carbocycles. The summed E-state index contributed by atoms with van der Waals surface area (Å²) < 4.78 is 0. The van der Waals surface area contributed by atoms with Crippen molar-refractivity contribution in [3.8, 4) is 0 Å². The van der Waals surface area contributed by atoms with Crippen LogP contribution in [0.5, 0.6) is 0 Å². The Kier molecular flexibility index (Phi) is 3.92. The van der Waals surface area contributed by atoms with E-state index in [1.807, 2.05) is 31.2 Å². The van der Waals surface area contributed by atoms with Crippen LogP contribution in [0.25, 0.3) is 0 Å². The predicted molar refractivity (Wildman–Crippen MR) is 88.3 cm³/mol. The van der Waals surface area contributed by atoms with Crippen LogP contribution in [0, 0.1) is 6.92 Å². The monoisotopic (exact) mass is 301 g/mol. The minimum atomic E-state index is -0.624. The largest absolute Gasteiger partial charge is 0.384 e. The first kappa shape index (κ1) is 14.4. The number of aryl methyl sites for hydroxylation is 2. The molecule has 1 atom stereocenters. The van der Waals surface area contributed by atoms with Crippen molar-refractivity contribution < 1.29 is 5.11 Å². The molecule has 0 aromatic heterocycles. The van der Waals surface area contributed by atoms with E-state index in [0.717, 1.165) is 29.7 Å². The smallest absolute Gasteiger partial charge is 0.104 e. The van der Waals surface area contributed by atoms with Crippen LogP contribution in [-0.2, 0) is 6.42 Å². The van der Waals surface area contributed by atoms with Gasteiger partial charge < -0.3 is 10.0 Å². The van der Waals surface area contributed by atoms with Gasteiger partial charge in [0.2, 0.25) is 0 Å². The molecule has 21 heavy (non-hydrogen) atoms. The molecule has 1 aliphatic heterocycles. The molecule has 1 heterocycles. The van der Waals surface area contributed by atoms with E-state index < -0.39 is 6.10 Å². The summed E-state index contributed by atoms with van der Waals surface area (Å²) in [6.07, 6.45) is 1.62. The second kappa shape index (κ2) is 5.70. The van der Waals surface area contributed by atoms with Gasteiger partial charge >= 0.3 is 0 Å². The second-order valence-corrected chi connectivity index (χ2v) is 6.23. The third kappa shape index (κ3) is 2.78.